The van der Waals surface area contributed by atoms with Gasteiger partial charge < -0.3 is 16.4 Å². The summed E-state index contributed by atoms with van der Waals surface area (Å²) in [5, 5.41) is 7.46. The SMILES string of the molecule is CC(C)C[C@H](CC(=O)NOCc1ccccc1)C(=O)N[C@H](Cc1ccc2ccccc2c1)C(=O)N[C@@H](C)C(N)=O. The van der Waals surface area contributed by atoms with Gasteiger partial charge in [0.05, 0.1) is 6.61 Å². The summed E-state index contributed by atoms with van der Waals surface area (Å²) in [4.78, 5) is 56.2. The van der Waals surface area contributed by atoms with Crippen LogP contribution in [-0.2, 0) is 37.0 Å². The number of primary amides is 1. The minimum Gasteiger partial charge on any atom is -0.368 e. The van der Waals surface area contributed by atoms with Crippen molar-refractivity contribution in [1.82, 2.24) is 16.1 Å². The second kappa shape index (κ2) is 14.8. The monoisotopic (exact) mass is 546 g/mol. The van der Waals surface area contributed by atoms with Crippen LogP contribution in [0.5, 0.6) is 0 Å². The van der Waals surface area contributed by atoms with E-state index in [9.17, 15) is 19.2 Å². The van der Waals surface area contributed by atoms with Crippen molar-refractivity contribution < 1.29 is 24.0 Å². The molecule has 0 radical (unpaired) electrons. The van der Waals surface area contributed by atoms with Gasteiger partial charge in [0.15, 0.2) is 0 Å². The highest BCUT2D eigenvalue weighted by Gasteiger charge is 2.29. The number of hydrogen-bond acceptors (Lipinski definition) is 5. The fraction of sp³-hybridized carbons (Fsp3) is 0.355. The first kappa shape index (κ1) is 30.3. The lowest BCUT2D eigenvalue weighted by molar-refractivity contribution is -0.139. The number of carbonyl (C=O) groups is 4. The van der Waals surface area contributed by atoms with E-state index in [0.717, 1.165) is 21.9 Å². The molecule has 40 heavy (non-hydrogen) atoms. The van der Waals surface area contributed by atoms with Gasteiger partial charge in [-0.1, -0.05) is 86.6 Å². The van der Waals surface area contributed by atoms with Crippen LogP contribution in [0.25, 0.3) is 10.8 Å². The number of benzene rings is 3. The van der Waals surface area contributed by atoms with E-state index < -0.39 is 41.6 Å². The van der Waals surface area contributed by atoms with Crippen molar-refractivity contribution in [2.75, 3.05) is 0 Å². The third-order valence-electron chi connectivity index (χ3n) is 6.50. The van der Waals surface area contributed by atoms with E-state index in [2.05, 4.69) is 16.1 Å². The van der Waals surface area contributed by atoms with Crippen molar-refractivity contribution in [2.24, 2.45) is 17.6 Å². The summed E-state index contributed by atoms with van der Waals surface area (Å²) in [6.07, 6.45) is 0.509. The molecule has 0 fully saturated rings. The molecule has 0 aliphatic carbocycles. The van der Waals surface area contributed by atoms with Crippen LogP contribution in [0.1, 0.15) is 44.7 Å². The zero-order valence-corrected chi connectivity index (χ0v) is 23.2. The molecular formula is C31H38N4O5. The van der Waals surface area contributed by atoms with Gasteiger partial charge in [-0.2, -0.15) is 0 Å². The predicted octanol–water partition coefficient (Wildman–Crippen LogP) is 3.16. The number of fused-ring (bicyclic) bond motifs is 1. The Labute approximate surface area is 234 Å². The summed E-state index contributed by atoms with van der Waals surface area (Å²) in [5.41, 5.74) is 9.48. The average Bonchev–Trinajstić information content (AvgIpc) is 2.92. The Morgan fingerprint density at radius 2 is 1.48 bits per heavy atom. The maximum Gasteiger partial charge on any atom is 0.244 e. The molecule has 9 heteroatoms. The van der Waals surface area contributed by atoms with Crippen molar-refractivity contribution in [3.63, 3.8) is 0 Å². The van der Waals surface area contributed by atoms with Crippen molar-refractivity contribution in [1.29, 1.82) is 0 Å². The van der Waals surface area contributed by atoms with Gasteiger partial charge in [0, 0.05) is 18.8 Å². The molecule has 3 aromatic carbocycles. The van der Waals surface area contributed by atoms with Gasteiger partial charge in [0.25, 0.3) is 0 Å². The quantitative estimate of drug-likeness (QED) is 0.230. The summed E-state index contributed by atoms with van der Waals surface area (Å²) in [5.74, 6) is -2.66. The number of hydroxylamine groups is 1. The highest BCUT2D eigenvalue weighted by atomic mass is 16.6. The molecule has 5 N–H and O–H groups in total. The minimum atomic E-state index is -0.984. The number of hydrogen-bond donors (Lipinski definition) is 4. The van der Waals surface area contributed by atoms with Crippen molar-refractivity contribution in [3.05, 3.63) is 83.9 Å². The number of rotatable bonds is 14. The largest absolute Gasteiger partial charge is 0.368 e. The van der Waals surface area contributed by atoms with Crippen LogP contribution in [0.3, 0.4) is 0 Å². The second-order valence-corrected chi connectivity index (χ2v) is 10.4. The molecule has 0 saturated carbocycles. The van der Waals surface area contributed by atoms with Crippen LogP contribution in [0.2, 0.25) is 0 Å². The first-order valence-corrected chi connectivity index (χ1v) is 13.4. The van der Waals surface area contributed by atoms with Crippen LogP contribution in [0.15, 0.2) is 72.8 Å². The highest BCUT2D eigenvalue weighted by Crippen LogP contribution is 2.19. The third-order valence-corrected chi connectivity index (χ3v) is 6.50. The van der Waals surface area contributed by atoms with Gasteiger partial charge in [-0.05, 0) is 41.2 Å². The Hall–Kier alpha value is -4.24. The molecule has 0 aromatic heterocycles. The molecule has 0 heterocycles. The van der Waals surface area contributed by atoms with Crippen molar-refractivity contribution >= 4 is 34.4 Å². The summed E-state index contributed by atoms with van der Waals surface area (Å²) < 4.78 is 0. The average molecular weight is 547 g/mol. The summed E-state index contributed by atoms with van der Waals surface area (Å²) >= 11 is 0. The number of nitrogens with two attached hydrogens (primary N) is 1. The van der Waals surface area contributed by atoms with E-state index in [1.807, 2.05) is 86.6 Å². The fourth-order valence-corrected chi connectivity index (χ4v) is 4.38. The Morgan fingerprint density at radius 3 is 2.15 bits per heavy atom. The molecule has 212 valence electrons. The van der Waals surface area contributed by atoms with Gasteiger partial charge in [-0.15, -0.1) is 0 Å². The Bertz CT molecular complexity index is 1310. The Balaban J connectivity index is 1.71. The number of carbonyl (C=O) groups excluding carboxylic acids is 4. The standard InChI is InChI=1S/C31H38N4O5/c1-20(2)15-26(18-28(36)35-40-19-22-9-5-4-6-10-22)30(38)34-27(31(39)33-21(3)29(32)37)17-23-13-14-24-11-7-8-12-25(24)16-23/h4-14,16,20-21,26-27H,15,17-19H2,1-3H3,(H2,32,37)(H,33,39)(H,34,38)(H,35,36)/t21-,26+,27+/m0/s1. The number of amides is 4. The first-order valence-electron chi connectivity index (χ1n) is 13.4. The van der Waals surface area contributed by atoms with Crippen LogP contribution in [0.4, 0.5) is 0 Å². The lowest BCUT2D eigenvalue weighted by Gasteiger charge is -2.24. The van der Waals surface area contributed by atoms with Crippen LogP contribution in [-0.4, -0.2) is 35.7 Å². The van der Waals surface area contributed by atoms with Crippen LogP contribution >= 0.6 is 0 Å². The highest BCUT2D eigenvalue weighted by molar-refractivity contribution is 5.93. The van der Waals surface area contributed by atoms with E-state index in [1.54, 1.807) is 0 Å². The fourth-order valence-electron chi connectivity index (χ4n) is 4.38. The molecule has 0 aliphatic rings. The van der Waals surface area contributed by atoms with Crippen molar-refractivity contribution in [3.8, 4) is 0 Å². The van der Waals surface area contributed by atoms with Gasteiger partial charge in [-0.3, -0.25) is 24.0 Å². The second-order valence-electron chi connectivity index (χ2n) is 10.4. The summed E-state index contributed by atoms with van der Waals surface area (Å²) in [6, 6.07) is 21.1. The molecule has 3 aromatic rings. The third kappa shape index (κ3) is 9.50. The molecule has 9 nitrogen and oxygen atoms in total. The first-order chi connectivity index (χ1) is 19.1. The molecule has 3 rings (SSSR count). The Kier molecular flexibility index (Phi) is 11.2. The molecule has 4 amide bonds. The molecule has 0 saturated heterocycles. The van der Waals surface area contributed by atoms with Crippen molar-refractivity contribution in [2.45, 2.75) is 58.7 Å². The van der Waals surface area contributed by atoms with E-state index in [0.29, 0.717) is 6.42 Å². The van der Waals surface area contributed by atoms with E-state index in [1.165, 1.54) is 6.92 Å². The predicted molar refractivity (Wildman–Crippen MR) is 153 cm³/mol. The molecule has 0 spiro atoms. The summed E-state index contributed by atoms with van der Waals surface area (Å²) in [6.45, 7) is 5.59. The zero-order valence-electron chi connectivity index (χ0n) is 23.2. The van der Waals surface area contributed by atoms with Crippen LogP contribution < -0.4 is 21.8 Å². The maximum atomic E-state index is 13.4. The molecular weight excluding hydrogens is 508 g/mol. The van der Waals surface area contributed by atoms with Gasteiger partial charge in [-0.25, -0.2) is 5.48 Å². The van der Waals surface area contributed by atoms with E-state index >= 15 is 0 Å². The molecule has 0 aliphatic heterocycles. The van der Waals surface area contributed by atoms with Gasteiger partial charge in [0.2, 0.25) is 23.6 Å². The molecule has 0 unspecified atom stereocenters. The lowest BCUT2D eigenvalue weighted by Crippen LogP contribution is -2.54. The van der Waals surface area contributed by atoms with Gasteiger partial charge in [0.1, 0.15) is 12.1 Å². The summed E-state index contributed by atoms with van der Waals surface area (Å²) in [7, 11) is 0. The van der Waals surface area contributed by atoms with E-state index in [-0.39, 0.29) is 25.4 Å². The topological polar surface area (TPSA) is 140 Å². The van der Waals surface area contributed by atoms with E-state index in [4.69, 9.17) is 10.6 Å². The minimum absolute atomic E-state index is 0.110. The lowest BCUT2D eigenvalue weighted by atomic mass is 9.92. The molecule has 0 bridgehead atoms. The zero-order chi connectivity index (χ0) is 29.1. The van der Waals surface area contributed by atoms with Crippen LogP contribution in [0, 0.1) is 11.8 Å². The Morgan fingerprint density at radius 1 is 0.800 bits per heavy atom. The maximum absolute atomic E-state index is 13.4. The molecule has 3 atom stereocenters. The van der Waals surface area contributed by atoms with Gasteiger partial charge >= 0.3 is 0 Å². The smallest absolute Gasteiger partial charge is 0.244 e. The number of nitrogens with one attached hydrogen (secondary N) is 3. The normalized spacial score (nSPS) is 13.3.